The van der Waals surface area contributed by atoms with Gasteiger partial charge in [-0.3, -0.25) is 9.59 Å². The van der Waals surface area contributed by atoms with Gasteiger partial charge in [0, 0.05) is 13.2 Å². The van der Waals surface area contributed by atoms with Crippen molar-refractivity contribution in [2.24, 2.45) is 0 Å². The summed E-state index contributed by atoms with van der Waals surface area (Å²) < 4.78 is 9.74. The molecule has 1 rings (SSSR count). The molecule has 1 aliphatic rings. The number of amides is 1. The molecular formula is C10H16ClNO4. The predicted octanol–water partition coefficient (Wildman–Crippen LogP) is 0.452. The Balaban J connectivity index is 2.16. The van der Waals surface area contributed by atoms with Gasteiger partial charge in [0.1, 0.15) is 5.38 Å². The van der Waals surface area contributed by atoms with Crippen LogP contribution in [0.1, 0.15) is 19.3 Å². The fourth-order valence-electron chi connectivity index (χ4n) is 1.50. The third-order valence-electron chi connectivity index (χ3n) is 2.37. The van der Waals surface area contributed by atoms with Crippen molar-refractivity contribution >= 4 is 23.5 Å². The third kappa shape index (κ3) is 4.37. The van der Waals surface area contributed by atoms with E-state index in [1.54, 1.807) is 0 Å². The maximum atomic E-state index is 11.4. The molecule has 1 fully saturated rings. The maximum Gasteiger partial charge on any atom is 0.325 e. The van der Waals surface area contributed by atoms with Crippen molar-refractivity contribution in [1.29, 1.82) is 0 Å². The van der Waals surface area contributed by atoms with Crippen LogP contribution < -0.4 is 5.32 Å². The second-order valence-electron chi connectivity index (χ2n) is 3.63. The van der Waals surface area contributed by atoms with Gasteiger partial charge >= 0.3 is 5.97 Å². The Morgan fingerprint density at radius 3 is 2.94 bits per heavy atom. The average Bonchev–Trinajstić information content (AvgIpc) is 2.77. The van der Waals surface area contributed by atoms with Crippen LogP contribution in [0.15, 0.2) is 0 Å². The molecular weight excluding hydrogens is 234 g/mol. The molecule has 5 nitrogen and oxygen atoms in total. The van der Waals surface area contributed by atoms with Gasteiger partial charge in [-0.1, -0.05) is 0 Å². The Labute approximate surface area is 99.4 Å². The van der Waals surface area contributed by atoms with E-state index in [9.17, 15) is 9.59 Å². The van der Waals surface area contributed by atoms with E-state index >= 15 is 0 Å². The number of hydrogen-bond acceptors (Lipinski definition) is 4. The average molecular weight is 250 g/mol. The maximum absolute atomic E-state index is 11.4. The lowest BCUT2D eigenvalue weighted by Gasteiger charge is -2.11. The van der Waals surface area contributed by atoms with Crippen LogP contribution in [0.5, 0.6) is 0 Å². The summed E-state index contributed by atoms with van der Waals surface area (Å²) in [6.45, 7) is 0.804. The first-order valence-electron chi connectivity index (χ1n) is 5.23. The zero-order valence-electron chi connectivity index (χ0n) is 9.20. The summed E-state index contributed by atoms with van der Waals surface area (Å²) in [6.07, 6.45) is 2.24. The predicted molar refractivity (Wildman–Crippen MR) is 58.3 cm³/mol. The summed E-state index contributed by atoms with van der Waals surface area (Å²) >= 11 is 5.67. The molecule has 1 N–H and O–H groups in total. The Morgan fingerprint density at radius 1 is 1.62 bits per heavy atom. The van der Waals surface area contributed by atoms with Crippen LogP contribution in [0.2, 0.25) is 0 Å². The van der Waals surface area contributed by atoms with Crippen LogP contribution >= 0.6 is 11.6 Å². The van der Waals surface area contributed by atoms with Crippen molar-refractivity contribution in [3.63, 3.8) is 0 Å². The second-order valence-corrected chi connectivity index (χ2v) is 4.16. The van der Waals surface area contributed by atoms with Gasteiger partial charge in [-0.05, 0) is 12.8 Å². The lowest BCUT2D eigenvalue weighted by molar-refractivity contribution is -0.140. The number of carbonyl (C=O) groups is 2. The molecule has 0 saturated carbocycles. The van der Waals surface area contributed by atoms with Crippen LogP contribution in [0.4, 0.5) is 0 Å². The van der Waals surface area contributed by atoms with E-state index < -0.39 is 11.3 Å². The Kier molecular flexibility index (Phi) is 5.55. The molecule has 2 atom stereocenters. The molecule has 1 heterocycles. The second kappa shape index (κ2) is 6.70. The Bertz CT molecular complexity index is 253. The highest BCUT2D eigenvalue weighted by atomic mass is 35.5. The number of alkyl halides is 1. The number of methoxy groups -OCH3 is 1. The standard InChI is InChI=1S/C10H16ClNO4/c1-15-10(14)8(11)6-12-9(13)5-7-3-2-4-16-7/h7-8H,2-6H2,1H3,(H,12,13). The molecule has 1 saturated heterocycles. The van der Waals surface area contributed by atoms with E-state index in [4.69, 9.17) is 16.3 Å². The number of rotatable bonds is 5. The van der Waals surface area contributed by atoms with Gasteiger partial charge in [0.05, 0.1) is 19.6 Å². The highest BCUT2D eigenvalue weighted by molar-refractivity contribution is 6.30. The summed E-state index contributed by atoms with van der Waals surface area (Å²) in [6, 6.07) is 0. The lowest BCUT2D eigenvalue weighted by Crippen LogP contribution is -2.35. The van der Waals surface area contributed by atoms with Gasteiger partial charge in [-0.25, -0.2) is 0 Å². The normalized spacial score (nSPS) is 21.5. The molecule has 6 heteroatoms. The summed E-state index contributed by atoms with van der Waals surface area (Å²) in [7, 11) is 1.26. The molecule has 0 bridgehead atoms. The largest absolute Gasteiger partial charge is 0.468 e. The SMILES string of the molecule is COC(=O)C(Cl)CNC(=O)CC1CCCO1. The van der Waals surface area contributed by atoms with Crippen LogP contribution in [0.3, 0.4) is 0 Å². The van der Waals surface area contributed by atoms with Gasteiger partial charge in [0.2, 0.25) is 5.91 Å². The summed E-state index contributed by atoms with van der Waals surface area (Å²) in [5.74, 6) is -0.694. The van der Waals surface area contributed by atoms with Crippen LogP contribution in [-0.4, -0.2) is 43.6 Å². The highest BCUT2D eigenvalue weighted by Crippen LogP contribution is 2.14. The van der Waals surface area contributed by atoms with Crippen LogP contribution in [0.25, 0.3) is 0 Å². The quantitative estimate of drug-likeness (QED) is 0.568. The summed E-state index contributed by atoms with van der Waals surface area (Å²) in [5, 5.41) is 1.74. The molecule has 1 aliphatic heterocycles. The lowest BCUT2D eigenvalue weighted by atomic mass is 10.2. The summed E-state index contributed by atoms with van der Waals surface area (Å²) in [4.78, 5) is 22.4. The summed E-state index contributed by atoms with van der Waals surface area (Å²) in [5.41, 5.74) is 0. The zero-order chi connectivity index (χ0) is 12.0. The minimum absolute atomic E-state index is 0.00639. The van der Waals surface area contributed by atoms with Crippen LogP contribution in [0, 0.1) is 0 Å². The fraction of sp³-hybridized carbons (Fsp3) is 0.800. The number of nitrogens with one attached hydrogen (secondary N) is 1. The van der Waals surface area contributed by atoms with E-state index in [0.717, 1.165) is 19.4 Å². The van der Waals surface area contributed by atoms with Crippen molar-refractivity contribution in [1.82, 2.24) is 5.32 Å². The first-order chi connectivity index (χ1) is 7.63. The van der Waals surface area contributed by atoms with Crippen LogP contribution in [-0.2, 0) is 19.1 Å². The molecule has 2 unspecified atom stereocenters. The van der Waals surface area contributed by atoms with Crippen molar-refractivity contribution in [2.45, 2.75) is 30.7 Å². The molecule has 0 aromatic carbocycles. The number of ether oxygens (including phenoxy) is 2. The first kappa shape index (κ1) is 13.3. The molecule has 16 heavy (non-hydrogen) atoms. The van der Waals surface area contributed by atoms with Gasteiger partial charge in [0.15, 0.2) is 0 Å². The molecule has 0 radical (unpaired) electrons. The number of halogens is 1. The molecule has 0 aliphatic carbocycles. The smallest absolute Gasteiger partial charge is 0.325 e. The minimum atomic E-state index is -0.835. The zero-order valence-corrected chi connectivity index (χ0v) is 9.96. The van der Waals surface area contributed by atoms with Crippen molar-refractivity contribution in [3.05, 3.63) is 0 Å². The van der Waals surface area contributed by atoms with Gasteiger partial charge in [0.25, 0.3) is 0 Å². The van der Waals surface area contributed by atoms with Crippen molar-refractivity contribution in [2.75, 3.05) is 20.3 Å². The van der Waals surface area contributed by atoms with Gasteiger partial charge < -0.3 is 14.8 Å². The first-order valence-corrected chi connectivity index (χ1v) is 5.67. The topological polar surface area (TPSA) is 64.6 Å². The van der Waals surface area contributed by atoms with Crippen molar-refractivity contribution < 1.29 is 19.1 Å². The van der Waals surface area contributed by atoms with E-state index in [2.05, 4.69) is 10.1 Å². The van der Waals surface area contributed by atoms with Gasteiger partial charge in [-0.2, -0.15) is 0 Å². The minimum Gasteiger partial charge on any atom is -0.468 e. The number of hydrogen-bond donors (Lipinski definition) is 1. The molecule has 0 aromatic heterocycles. The molecule has 0 aromatic rings. The van der Waals surface area contributed by atoms with E-state index in [1.807, 2.05) is 0 Å². The van der Waals surface area contributed by atoms with E-state index in [-0.39, 0.29) is 18.6 Å². The Hall–Kier alpha value is -0.810. The Morgan fingerprint density at radius 2 is 2.38 bits per heavy atom. The molecule has 0 spiro atoms. The molecule has 1 amide bonds. The highest BCUT2D eigenvalue weighted by Gasteiger charge is 2.21. The molecule has 92 valence electrons. The van der Waals surface area contributed by atoms with Gasteiger partial charge in [-0.15, -0.1) is 11.6 Å². The van der Waals surface area contributed by atoms with E-state index in [1.165, 1.54) is 7.11 Å². The fourth-order valence-corrected chi connectivity index (χ4v) is 1.67. The number of esters is 1. The van der Waals surface area contributed by atoms with E-state index in [0.29, 0.717) is 6.42 Å². The third-order valence-corrected chi connectivity index (χ3v) is 2.70. The van der Waals surface area contributed by atoms with Crippen molar-refractivity contribution in [3.8, 4) is 0 Å². The monoisotopic (exact) mass is 249 g/mol. The number of carbonyl (C=O) groups excluding carboxylic acids is 2.